The molecular formula is C44H26N8O8. The molecule has 5 heterocycles. The van der Waals surface area contributed by atoms with Gasteiger partial charge in [0.2, 0.25) is 0 Å². The van der Waals surface area contributed by atoms with Crippen LogP contribution < -0.4 is 0 Å². The normalized spacial score (nSPS) is 12.1. The summed E-state index contributed by atoms with van der Waals surface area (Å²) in [4.78, 5) is 62.3. The highest BCUT2D eigenvalue weighted by Gasteiger charge is 2.46. The van der Waals surface area contributed by atoms with Crippen LogP contribution in [-0.2, 0) is 0 Å². The Hall–Kier alpha value is -8.92. The molecule has 0 saturated carbocycles. The number of aromatic amines is 1. The van der Waals surface area contributed by atoms with E-state index in [9.17, 15) is 40.5 Å². The monoisotopic (exact) mass is 794 g/mol. The van der Waals surface area contributed by atoms with Crippen molar-refractivity contribution in [2.24, 2.45) is 0 Å². The number of H-pyrrole nitrogens is 1. The van der Waals surface area contributed by atoms with Crippen LogP contribution >= 0.6 is 0 Å². The van der Waals surface area contributed by atoms with Crippen LogP contribution in [0.25, 0.3) is 67.6 Å². The summed E-state index contributed by atoms with van der Waals surface area (Å²) in [5.41, 5.74) is -1.12. The minimum atomic E-state index is -1.46. The number of hydrogen-bond donors (Lipinski definition) is 1. The Kier molecular flexibility index (Phi) is 8.90. The molecule has 2 aliphatic heterocycles. The molecule has 16 heteroatoms. The topological polar surface area (TPSA) is 219 Å². The molecule has 0 saturated heterocycles. The Labute approximate surface area is 337 Å². The van der Waals surface area contributed by atoms with E-state index < -0.39 is 53.6 Å². The van der Waals surface area contributed by atoms with Gasteiger partial charge in [0.1, 0.15) is 0 Å². The third-order valence-corrected chi connectivity index (χ3v) is 10.1. The van der Waals surface area contributed by atoms with E-state index in [1.54, 1.807) is 72.8 Å². The Morgan fingerprint density at radius 1 is 0.500 bits per heavy atom. The van der Waals surface area contributed by atoms with Crippen LogP contribution in [0.4, 0.5) is 17.1 Å². The van der Waals surface area contributed by atoms with Gasteiger partial charge in [0.25, 0.3) is 5.52 Å². The number of rotatable bonds is 8. The number of benzene rings is 4. The van der Waals surface area contributed by atoms with Crippen LogP contribution in [0.2, 0.25) is 0 Å². The van der Waals surface area contributed by atoms with Gasteiger partial charge in [0.15, 0.2) is 16.2 Å². The molecule has 0 atom stereocenters. The number of hydrogen-bond acceptors (Lipinski definition) is 10. The molecule has 7 aromatic rings. The zero-order valence-corrected chi connectivity index (χ0v) is 30.8. The third-order valence-electron chi connectivity index (χ3n) is 10.1. The fourth-order valence-corrected chi connectivity index (χ4v) is 7.74. The van der Waals surface area contributed by atoms with Crippen LogP contribution in [0, 0.1) is 40.5 Å². The van der Waals surface area contributed by atoms with E-state index in [0.29, 0.717) is 44.6 Å². The second kappa shape index (κ2) is 14.5. The average molecular weight is 795 g/mol. The number of nitrogens with zero attached hydrogens (tertiary/aromatic N) is 7. The average Bonchev–Trinajstić information content (AvgIpc) is 4.04. The van der Waals surface area contributed by atoms with Gasteiger partial charge in [0, 0.05) is 33.9 Å². The van der Waals surface area contributed by atoms with Gasteiger partial charge >= 0.3 is 17.1 Å². The van der Waals surface area contributed by atoms with Crippen LogP contribution in [0.3, 0.4) is 0 Å². The molecule has 0 radical (unpaired) electrons. The van der Waals surface area contributed by atoms with Gasteiger partial charge in [-0.1, -0.05) is 121 Å². The first-order chi connectivity index (χ1) is 29.1. The molecule has 60 heavy (non-hydrogen) atoms. The Balaban J connectivity index is 1.68. The molecule has 1 N–H and O–H groups in total. The summed E-state index contributed by atoms with van der Waals surface area (Å²) in [7, 11) is 0. The summed E-state index contributed by atoms with van der Waals surface area (Å²) in [5, 5.41) is 51.5. The highest BCUT2D eigenvalue weighted by molar-refractivity contribution is 6.13. The molecule has 0 amide bonds. The molecule has 0 unspecified atom stereocenters. The number of aromatic nitrogens is 4. The SMILES string of the molecule is O=[N+]([O-])c1c([N+](=O)[O-])c2c([N+](=O)[O-])c3nc(c(-c4ccccc4)c4[nH]c(cc5nc(cc1n2[N+](=O)[O-])C=C5)cc4-c1ccccc1)C(c1ccccc1)=C3c1ccccc1. The van der Waals surface area contributed by atoms with Crippen LogP contribution in [0.5, 0.6) is 0 Å². The number of fused-ring (bicyclic) bond motifs is 8. The highest BCUT2D eigenvalue weighted by Crippen LogP contribution is 2.50. The van der Waals surface area contributed by atoms with Gasteiger partial charge in [-0.25, -0.2) is 20.1 Å². The van der Waals surface area contributed by atoms with Crippen molar-refractivity contribution in [2.45, 2.75) is 0 Å². The maximum atomic E-state index is 13.7. The predicted molar refractivity (Wildman–Crippen MR) is 225 cm³/mol. The van der Waals surface area contributed by atoms with E-state index in [1.807, 2.05) is 66.7 Å². The lowest BCUT2D eigenvalue weighted by atomic mass is 9.88. The molecule has 290 valence electrons. The minimum Gasteiger partial charge on any atom is -0.354 e. The predicted octanol–water partition coefficient (Wildman–Crippen LogP) is 10.1. The lowest BCUT2D eigenvalue weighted by molar-refractivity contribution is -0.534. The van der Waals surface area contributed by atoms with Crippen molar-refractivity contribution in [2.75, 3.05) is 0 Å². The van der Waals surface area contributed by atoms with Crippen molar-refractivity contribution in [3.63, 3.8) is 0 Å². The Bertz CT molecular complexity index is 3200. The first-order valence-corrected chi connectivity index (χ1v) is 18.2. The zero-order chi connectivity index (χ0) is 41.7. The van der Waals surface area contributed by atoms with Crippen LogP contribution in [0.1, 0.15) is 33.9 Å². The second-order valence-electron chi connectivity index (χ2n) is 13.6. The largest absolute Gasteiger partial charge is 0.385 e. The van der Waals surface area contributed by atoms with E-state index in [1.165, 1.54) is 6.08 Å². The first-order valence-electron chi connectivity index (χ1n) is 18.2. The van der Waals surface area contributed by atoms with Crippen molar-refractivity contribution in [3.8, 4) is 22.3 Å². The summed E-state index contributed by atoms with van der Waals surface area (Å²) in [5.74, 6) is 0. The molecule has 3 aromatic heterocycles. The van der Waals surface area contributed by atoms with E-state index >= 15 is 0 Å². The molecule has 0 fully saturated rings. The maximum Gasteiger partial charge on any atom is 0.385 e. The minimum absolute atomic E-state index is 0.00921. The molecule has 0 aliphatic carbocycles. The quantitative estimate of drug-likeness (QED) is 0.113. The first kappa shape index (κ1) is 36.7. The van der Waals surface area contributed by atoms with Crippen molar-refractivity contribution in [3.05, 3.63) is 214 Å². The van der Waals surface area contributed by atoms with Gasteiger partial charge in [0.05, 0.1) is 37.4 Å². The summed E-state index contributed by atoms with van der Waals surface area (Å²) < 4.78 is 0.00921. The van der Waals surface area contributed by atoms with Gasteiger partial charge in [-0.2, -0.15) is 0 Å². The van der Waals surface area contributed by atoms with Gasteiger partial charge in [-0.15, -0.1) is 0 Å². The van der Waals surface area contributed by atoms with Gasteiger partial charge in [-0.3, -0.25) is 30.3 Å². The van der Waals surface area contributed by atoms with Crippen molar-refractivity contribution >= 4 is 62.4 Å². The lowest BCUT2D eigenvalue weighted by Crippen LogP contribution is -2.10. The van der Waals surface area contributed by atoms with Gasteiger partial charge < -0.3 is 4.98 Å². The summed E-state index contributed by atoms with van der Waals surface area (Å²) in [6, 6.07) is 40.5. The molecule has 0 spiro atoms. The zero-order valence-electron chi connectivity index (χ0n) is 30.8. The smallest absolute Gasteiger partial charge is 0.354 e. The third kappa shape index (κ3) is 6.13. The maximum absolute atomic E-state index is 13.7. The number of nitro groups is 4. The van der Waals surface area contributed by atoms with Crippen molar-refractivity contribution in [1.82, 2.24) is 19.6 Å². The molecule has 2 aliphatic rings. The molecule has 4 aromatic carbocycles. The molecular weight excluding hydrogens is 769 g/mol. The fourth-order valence-electron chi connectivity index (χ4n) is 7.74. The molecule has 16 nitrogen and oxygen atoms in total. The summed E-state index contributed by atoms with van der Waals surface area (Å²) in [6.45, 7) is 0. The summed E-state index contributed by atoms with van der Waals surface area (Å²) in [6.07, 6.45) is 2.98. The lowest BCUT2D eigenvalue weighted by Gasteiger charge is -2.13. The van der Waals surface area contributed by atoms with E-state index in [0.717, 1.165) is 17.2 Å². The Morgan fingerprint density at radius 2 is 0.983 bits per heavy atom. The number of nitrogens with one attached hydrogen (secondary N) is 1. The van der Waals surface area contributed by atoms with E-state index in [4.69, 9.17) is 4.98 Å². The summed E-state index contributed by atoms with van der Waals surface area (Å²) >= 11 is 0. The van der Waals surface area contributed by atoms with E-state index in [-0.39, 0.29) is 21.6 Å². The standard InChI is InChI=1S/C44H26N8O8/c53-49(54)41-34-25-31-22-21-30(45-31)23-32-24-33(26-13-5-1-6-14-26)38(46-32)37(29-19-11-4-12-20-29)39-35(27-15-7-2-8-16-27)36(28-17-9-3-10-18-28)40(47-39)42(50(55)56)43(44(41)51(57)58)48(34)52(59)60/h1-25,46H. The van der Waals surface area contributed by atoms with Crippen LogP contribution in [-0.4, -0.2) is 39.4 Å². The Morgan fingerprint density at radius 3 is 1.50 bits per heavy atom. The van der Waals surface area contributed by atoms with Gasteiger partial charge in [-0.05, 0) is 51.2 Å². The second-order valence-corrected chi connectivity index (χ2v) is 13.6. The van der Waals surface area contributed by atoms with Crippen molar-refractivity contribution in [1.29, 1.82) is 0 Å². The van der Waals surface area contributed by atoms with Crippen LogP contribution in [0.15, 0.2) is 140 Å². The highest BCUT2D eigenvalue weighted by atomic mass is 16.7. The molecule has 8 bridgehead atoms. The van der Waals surface area contributed by atoms with E-state index in [2.05, 4.69) is 9.97 Å². The molecule has 9 rings (SSSR count). The van der Waals surface area contributed by atoms with Crippen molar-refractivity contribution < 1.29 is 19.8 Å². The fraction of sp³-hybridized carbons (Fsp3) is 0.